The standard InChI is InChI=1S/C20H25N3O3S.ClH/c1-14-5-4-6-19(16(14)3)22-27(25,26)18-9-7-17(8-10-18)20(24)23-12-11-21-13-15(23)2;/h4-10,15,21-22H,11-13H2,1-3H3;1H/t15-;/m0./s1. The van der Waals surface area contributed by atoms with Crippen LogP contribution in [0.1, 0.15) is 28.4 Å². The third-order valence-electron chi connectivity index (χ3n) is 5.02. The van der Waals surface area contributed by atoms with Gasteiger partial charge in [-0.05, 0) is 62.2 Å². The molecule has 2 aromatic carbocycles. The molecule has 0 bridgehead atoms. The molecule has 6 nitrogen and oxygen atoms in total. The third kappa shape index (κ3) is 4.66. The fourth-order valence-electron chi connectivity index (χ4n) is 3.15. The Hall–Kier alpha value is -2.09. The van der Waals surface area contributed by atoms with Gasteiger partial charge in [-0.2, -0.15) is 0 Å². The van der Waals surface area contributed by atoms with Crippen molar-refractivity contribution in [1.82, 2.24) is 10.2 Å². The fraction of sp³-hybridized carbons (Fsp3) is 0.350. The summed E-state index contributed by atoms with van der Waals surface area (Å²) in [6.07, 6.45) is 0. The van der Waals surface area contributed by atoms with Gasteiger partial charge in [-0.1, -0.05) is 12.1 Å². The van der Waals surface area contributed by atoms with Crippen LogP contribution in [-0.2, 0) is 10.0 Å². The molecule has 0 aromatic heterocycles. The predicted octanol–water partition coefficient (Wildman–Crippen LogP) is 2.96. The zero-order valence-electron chi connectivity index (χ0n) is 16.2. The summed E-state index contributed by atoms with van der Waals surface area (Å²) >= 11 is 0. The smallest absolute Gasteiger partial charge is 0.261 e. The molecular weight excluding hydrogens is 398 g/mol. The number of benzene rings is 2. The number of hydrogen-bond acceptors (Lipinski definition) is 4. The molecule has 8 heteroatoms. The van der Waals surface area contributed by atoms with Crippen molar-refractivity contribution in [3.63, 3.8) is 0 Å². The number of nitrogens with one attached hydrogen (secondary N) is 2. The van der Waals surface area contributed by atoms with Gasteiger partial charge in [0.1, 0.15) is 0 Å². The molecule has 1 aliphatic heterocycles. The molecule has 0 saturated carbocycles. The number of piperazine rings is 1. The normalized spacial score (nSPS) is 17.0. The molecule has 1 aliphatic rings. The van der Waals surface area contributed by atoms with Crippen molar-refractivity contribution in [2.45, 2.75) is 31.7 Å². The van der Waals surface area contributed by atoms with Crippen molar-refractivity contribution in [2.24, 2.45) is 0 Å². The zero-order chi connectivity index (χ0) is 19.6. The van der Waals surface area contributed by atoms with Crippen LogP contribution >= 0.6 is 12.4 Å². The lowest BCUT2D eigenvalue weighted by molar-refractivity contribution is 0.0655. The van der Waals surface area contributed by atoms with Gasteiger partial charge in [0.15, 0.2) is 0 Å². The molecule has 0 radical (unpaired) electrons. The van der Waals surface area contributed by atoms with Crippen LogP contribution in [0.15, 0.2) is 47.4 Å². The van der Waals surface area contributed by atoms with Crippen molar-refractivity contribution in [1.29, 1.82) is 0 Å². The highest BCUT2D eigenvalue weighted by Crippen LogP contribution is 2.22. The lowest BCUT2D eigenvalue weighted by Crippen LogP contribution is -2.52. The van der Waals surface area contributed by atoms with Crippen LogP contribution in [-0.4, -0.2) is 44.9 Å². The summed E-state index contributed by atoms with van der Waals surface area (Å²) < 4.78 is 28.0. The number of amides is 1. The molecule has 152 valence electrons. The lowest BCUT2D eigenvalue weighted by Gasteiger charge is -2.34. The Morgan fingerprint density at radius 2 is 1.82 bits per heavy atom. The first-order valence-corrected chi connectivity index (χ1v) is 10.5. The van der Waals surface area contributed by atoms with Crippen molar-refractivity contribution in [3.8, 4) is 0 Å². The first kappa shape index (κ1) is 22.2. The van der Waals surface area contributed by atoms with Crippen LogP contribution in [0, 0.1) is 13.8 Å². The summed E-state index contributed by atoms with van der Waals surface area (Å²) in [6.45, 7) is 7.99. The van der Waals surface area contributed by atoms with Crippen LogP contribution in [0.5, 0.6) is 0 Å². The molecule has 28 heavy (non-hydrogen) atoms. The van der Waals surface area contributed by atoms with Crippen LogP contribution < -0.4 is 10.0 Å². The first-order chi connectivity index (χ1) is 12.8. The SMILES string of the molecule is Cc1cccc(NS(=O)(=O)c2ccc(C(=O)N3CCNC[C@@H]3C)cc2)c1C.Cl. The second-order valence-electron chi connectivity index (χ2n) is 6.93. The summed E-state index contributed by atoms with van der Waals surface area (Å²) in [5.41, 5.74) is 2.96. The number of sulfonamides is 1. The van der Waals surface area contributed by atoms with Gasteiger partial charge in [-0.25, -0.2) is 8.42 Å². The number of rotatable bonds is 4. The molecular formula is C20H26ClN3O3S. The number of carbonyl (C=O) groups is 1. The maximum atomic E-state index is 12.7. The average Bonchev–Trinajstić information content (AvgIpc) is 2.65. The van der Waals surface area contributed by atoms with Gasteiger partial charge >= 0.3 is 0 Å². The minimum Gasteiger partial charge on any atom is -0.333 e. The molecule has 1 atom stereocenters. The highest BCUT2D eigenvalue weighted by atomic mass is 35.5. The molecule has 1 heterocycles. The van der Waals surface area contributed by atoms with E-state index in [9.17, 15) is 13.2 Å². The van der Waals surface area contributed by atoms with Crippen molar-refractivity contribution in [2.75, 3.05) is 24.4 Å². The largest absolute Gasteiger partial charge is 0.333 e. The molecule has 0 aliphatic carbocycles. The maximum absolute atomic E-state index is 12.7. The second kappa shape index (κ2) is 8.94. The van der Waals surface area contributed by atoms with E-state index in [4.69, 9.17) is 0 Å². The molecule has 0 spiro atoms. The van der Waals surface area contributed by atoms with E-state index in [1.807, 2.05) is 37.8 Å². The third-order valence-corrected chi connectivity index (χ3v) is 6.40. The molecule has 1 amide bonds. The first-order valence-electron chi connectivity index (χ1n) is 9.00. The van der Waals surface area contributed by atoms with Crippen LogP contribution in [0.4, 0.5) is 5.69 Å². The highest BCUT2D eigenvalue weighted by Gasteiger charge is 2.24. The fourth-order valence-corrected chi connectivity index (χ4v) is 4.27. The Balaban J connectivity index is 0.00000280. The minimum atomic E-state index is -3.72. The van der Waals surface area contributed by atoms with Gasteiger partial charge in [0.2, 0.25) is 0 Å². The second-order valence-corrected chi connectivity index (χ2v) is 8.61. The van der Waals surface area contributed by atoms with Crippen LogP contribution in [0.25, 0.3) is 0 Å². The van der Waals surface area contributed by atoms with Gasteiger partial charge in [-0.15, -0.1) is 12.4 Å². The van der Waals surface area contributed by atoms with Crippen LogP contribution in [0.3, 0.4) is 0 Å². The number of aryl methyl sites for hydroxylation is 1. The number of nitrogens with zero attached hydrogens (tertiary/aromatic N) is 1. The number of hydrogen-bond donors (Lipinski definition) is 2. The Morgan fingerprint density at radius 3 is 2.46 bits per heavy atom. The van der Waals surface area contributed by atoms with Crippen molar-refractivity contribution < 1.29 is 13.2 Å². The summed E-state index contributed by atoms with van der Waals surface area (Å²) in [4.78, 5) is 14.6. The quantitative estimate of drug-likeness (QED) is 0.792. The van der Waals surface area contributed by atoms with E-state index in [0.717, 1.165) is 24.2 Å². The molecule has 2 N–H and O–H groups in total. The average molecular weight is 424 g/mol. The van der Waals surface area contributed by atoms with E-state index in [1.54, 1.807) is 18.2 Å². The summed E-state index contributed by atoms with van der Waals surface area (Å²) in [7, 11) is -3.72. The number of halogens is 1. The molecule has 3 rings (SSSR count). The zero-order valence-corrected chi connectivity index (χ0v) is 17.9. The topological polar surface area (TPSA) is 78.5 Å². The van der Waals surface area contributed by atoms with Gasteiger partial charge in [0.05, 0.1) is 10.6 Å². The summed E-state index contributed by atoms with van der Waals surface area (Å²) in [5.74, 6) is -0.0737. The van der Waals surface area contributed by atoms with E-state index in [-0.39, 0.29) is 29.3 Å². The van der Waals surface area contributed by atoms with Gasteiger partial charge in [-0.3, -0.25) is 9.52 Å². The molecule has 1 saturated heterocycles. The van der Waals surface area contributed by atoms with E-state index in [1.165, 1.54) is 12.1 Å². The minimum absolute atomic E-state index is 0. The summed E-state index contributed by atoms with van der Waals surface area (Å²) in [5, 5.41) is 3.25. The predicted molar refractivity (Wildman–Crippen MR) is 114 cm³/mol. The Labute approximate surface area is 172 Å². The molecule has 1 fully saturated rings. The number of carbonyl (C=O) groups excluding carboxylic acids is 1. The summed E-state index contributed by atoms with van der Waals surface area (Å²) in [6, 6.07) is 11.7. The van der Waals surface area contributed by atoms with E-state index >= 15 is 0 Å². The Kier molecular flexibility index (Phi) is 7.09. The molecule has 0 unspecified atom stereocenters. The van der Waals surface area contributed by atoms with Gasteiger partial charge in [0, 0.05) is 31.2 Å². The maximum Gasteiger partial charge on any atom is 0.261 e. The van der Waals surface area contributed by atoms with Crippen LogP contribution in [0.2, 0.25) is 0 Å². The van der Waals surface area contributed by atoms with E-state index in [0.29, 0.717) is 17.8 Å². The monoisotopic (exact) mass is 423 g/mol. The Morgan fingerprint density at radius 1 is 1.14 bits per heavy atom. The van der Waals surface area contributed by atoms with E-state index < -0.39 is 10.0 Å². The van der Waals surface area contributed by atoms with Crippen molar-refractivity contribution in [3.05, 3.63) is 59.2 Å². The van der Waals surface area contributed by atoms with E-state index in [2.05, 4.69) is 10.0 Å². The molecule has 2 aromatic rings. The Bertz CT molecular complexity index is 946. The van der Waals surface area contributed by atoms with Gasteiger partial charge in [0.25, 0.3) is 15.9 Å². The van der Waals surface area contributed by atoms with Crippen molar-refractivity contribution >= 4 is 34.0 Å². The lowest BCUT2D eigenvalue weighted by atomic mass is 10.1. The highest BCUT2D eigenvalue weighted by molar-refractivity contribution is 7.92. The van der Waals surface area contributed by atoms with Gasteiger partial charge < -0.3 is 10.2 Å². The number of anilines is 1.